The Kier molecular flexibility index (Phi) is 4.44. The van der Waals surface area contributed by atoms with Crippen molar-refractivity contribution in [3.8, 4) is 34.2 Å². The number of benzene rings is 1. The molecular formula is C20H16N2O6. The van der Waals surface area contributed by atoms with Gasteiger partial charge in [-0.2, -0.15) is 0 Å². The first-order valence-electron chi connectivity index (χ1n) is 8.31. The molecule has 0 atom stereocenters. The quantitative estimate of drug-likeness (QED) is 0.480. The average molecular weight is 380 g/mol. The lowest BCUT2D eigenvalue weighted by Crippen LogP contribution is -2.04. The summed E-state index contributed by atoms with van der Waals surface area (Å²) in [6.07, 6.45) is 1.51. The highest BCUT2D eigenvalue weighted by Gasteiger charge is 2.24. The maximum atomic E-state index is 12.5. The van der Waals surface area contributed by atoms with Crippen LogP contribution in [-0.2, 0) is 4.74 Å². The lowest BCUT2D eigenvalue weighted by atomic mass is 10.0. The van der Waals surface area contributed by atoms with Crippen LogP contribution >= 0.6 is 0 Å². The third kappa shape index (κ3) is 2.84. The molecule has 28 heavy (non-hydrogen) atoms. The zero-order valence-electron chi connectivity index (χ0n) is 15.4. The first-order valence-corrected chi connectivity index (χ1v) is 8.31. The Balaban J connectivity index is 1.99. The van der Waals surface area contributed by atoms with Crippen LogP contribution in [0.3, 0.4) is 0 Å². The molecule has 8 heteroatoms. The number of aromatic nitrogens is 2. The molecule has 0 saturated carbocycles. The number of carbonyl (C=O) groups is 1. The molecule has 3 heterocycles. The van der Waals surface area contributed by atoms with E-state index in [0.717, 1.165) is 0 Å². The molecule has 0 radical (unpaired) electrons. The van der Waals surface area contributed by atoms with E-state index in [1.807, 2.05) is 0 Å². The molecule has 4 aromatic rings. The predicted octanol–water partition coefficient (Wildman–Crippen LogP) is 3.95. The third-order valence-corrected chi connectivity index (χ3v) is 4.29. The Morgan fingerprint density at radius 3 is 2.61 bits per heavy atom. The number of fused-ring (bicyclic) bond motifs is 1. The Morgan fingerprint density at radius 1 is 1.07 bits per heavy atom. The van der Waals surface area contributed by atoms with Gasteiger partial charge in [0.2, 0.25) is 0 Å². The van der Waals surface area contributed by atoms with Crippen LogP contribution < -0.4 is 9.47 Å². The van der Waals surface area contributed by atoms with Crippen molar-refractivity contribution in [1.82, 2.24) is 10.1 Å². The molecule has 0 saturated heterocycles. The molecular weight excluding hydrogens is 364 g/mol. The fraction of sp³-hybridized carbons (Fsp3) is 0.150. The SMILES string of the molecule is COC(=O)c1cc(-c2cc(OC)ccc2OC)nc2onc(-c3ccco3)c12. The highest BCUT2D eigenvalue weighted by atomic mass is 16.5. The van der Waals surface area contributed by atoms with E-state index in [0.29, 0.717) is 39.6 Å². The largest absolute Gasteiger partial charge is 0.497 e. The minimum atomic E-state index is -0.550. The van der Waals surface area contributed by atoms with Crippen molar-refractivity contribution in [2.75, 3.05) is 21.3 Å². The summed E-state index contributed by atoms with van der Waals surface area (Å²) in [7, 11) is 4.42. The number of ether oxygens (including phenoxy) is 3. The van der Waals surface area contributed by atoms with Crippen LogP contribution in [0.25, 0.3) is 33.8 Å². The number of rotatable bonds is 5. The van der Waals surface area contributed by atoms with Crippen molar-refractivity contribution in [3.05, 3.63) is 48.2 Å². The van der Waals surface area contributed by atoms with Crippen molar-refractivity contribution in [3.63, 3.8) is 0 Å². The van der Waals surface area contributed by atoms with Crippen LogP contribution in [0.5, 0.6) is 11.5 Å². The molecule has 0 unspecified atom stereocenters. The van der Waals surface area contributed by atoms with E-state index in [1.165, 1.54) is 13.4 Å². The van der Waals surface area contributed by atoms with E-state index in [4.69, 9.17) is 23.2 Å². The van der Waals surface area contributed by atoms with Gasteiger partial charge in [-0.15, -0.1) is 0 Å². The lowest BCUT2D eigenvalue weighted by Gasteiger charge is -2.11. The summed E-state index contributed by atoms with van der Waals surface area (Å²) >= 11 is 0. The van der Waals surface area contributed by atoms with Gasteiger partial charge in [0.15, 0.2) is 11.5 Å². The van der Waals surface area contributed by atoms with Gasteiger partial charge in [0.25, 0.3) is 5.71 Å². The molecule has 0 N–H and O–H groups in total. The molecule has 1 aromatic carbocycles. The fourth-order valence-electron chi connectivity index (χ4n) is 2.96. The fourth-order valence-corrected chi connectivity index (χ4v) is 2.96. The van der Waals surface area contributed by atoms with Gasteiger partial charge < -0.3 is 23.2 Å². The van der Waals surface area contributed by atoms with Crippen LogP contribution in [-0.4, -0.2) is 37.4 Å². The maximum absolute atomic E-state index is 12.5. The minimum Gasteiger partial charge on any atom is -0.497 e. The van der Waals surface area contributed by atoms with E-state index in [1.54, 1.807) is 50.6 Å². The number of esters is 1. The first-order chi connectivity index (χ1) is 13.7. The minimum absolute atomic E-state index is 0.175. The zero-order chi connectivity index (χ0) is 19.7. The predicted molar refractivity (Wildman–Crippen MR) is 99.4 cm³/mol. The summed E-state index contributed by atoms with van der Waals surface area (Å²) in [6.45, 7) is 0. The Bertz CT molecular complexity index is 1150. The lowest BCUT2D eigenvalue weighted by molar-refractivity contribution is 0.0603. The molecule has 142 valence electrons. The van der Waals surface area contributed by atoms with Gasteiger partial charge >= 0.3 is 5.97 Å². The second-order valence-corrected chi connectivity index (χ2v) is 5.80. The Labute approximate surface area is 159 Å². The van der Waals surface area contributed by atoms with Crippen LogP contribution in [0.15, 0.2) is 51.6 Å². The number of hydrogen-bond acceptors (Lipinski definition) is 8. The summed E-state index contributed by atoms with van der Waals surface area (Å²) < 4.78 is 26.5. The molecule has 8 nitrogen and oxygen atoms in total. The topological polar surface area (TPSA) is 96.8 Å². The van der Waals surface area contributed by atoms with E-state index >= 15 is 0 Å². The number of methoxy groups -OCH3 is 3. The summed E-state index contributed by atoms with van der Waals surface area (Å²) in [4.78, 5) is 17.0. The van der Waals surface area contributed by atoms with Gasteiger partial charge in [0, 0.05) is 5.56 Å². The standard InChI is InChI=1S/C20H16N2O6/c1-24-11-6-7-15(25-2)12(9-11)14-10-13(20(23)26-3)17-18(16-5-4-8-27-16)22-28-19(17)21-14/h4-10H,1-3H3. The van der Waals surface area contributed by atoms with Crippen molar-refractivity contribution in [2.45, 2.75) is 0 Å². The highest BCUT2D eigenvalue weighted by Crippen LogP contribution is 2.37. The van der Waals surface area contributed by atoms with E-state index in [2.05, 4.69) is 10.1 Å². The van der Waals surface area contributed by atoms with Crippen LogP contribution in [0.2, 0.25) is 0 Å². The summed E-state index contributed by atoms with van der Waals surface area (Å²) in [5.41, 5.74) is 1.88. The highest BCUT2D eigenvalue weighted by molar-refractivity contribution is 6.08. The Morgan fingerprint density at radius 2 is 1.93 bits per heavy atom. The molecule has 0 fully saturated rings. The zero-order valence-corrected chi connectivity index (χ0v) is 15.4. The third-order valence-electron chi connectivity index (χ3n) is 4.29. The van der Waals surface area contributed by atoms with E-state index in [9.17, 15) is 4.79 Å². The number of furan rings is 1. The number of hydrogen-bond donors (Lipinski definition) is 0. The van der Waals surface area contributed by atoms with Gasteiger partial charge in [0.1, 0.15) is 11.5 Å². The monoisotopic (exact) mass is 380 g/mol. The second-order valence-electron chi connectivity index (χ2n) is 5.80. The summed E-state index contributed by atoms with van der Waals surface area (Å²) in [5, 5.41) is 4.44. The number of carbonyl (C=O) groups excluding carboxylic acids is 1. The average Bonchev–Trinajstić information content (AvgIpc) is 3.41. The van der Waals surface area contributed by atoms with Gasteiger partial charge in [-0.25, -0.2) is 9.78 Å². The second kappa shape index (κ2) is 7.07. The molecule has 0 aliphatic heterocycles. The Hall–Kier alpha value is -3.81. The molecule has 0 amide bonds. The van der Waals surface area contributed by atoms with Crippen LogP contribution in [0.1, 0.15) is 10.4 Å². The van der Waals surface area contributed by atoms with Gasteiger partial charge in [-0.3, -0.25) is 0 Å². The maximum Gasteiger partial charge on any atom is 0.338 e. The molecule has 0 aliphatic carbocycles. The number of nitrogens with zero attached hydrogens (tertiary/aromatic N) is 2. The molecule has 0 aliphatic rings. The number of pyridine rings is 1. The normalized spacial score (nSPS) is 10.8. The summed E-state index contributed by atoms with van der Waals surface area (Å²) in [6, 6.07) is 10.3. The smallest absolute Gasteiger partial charge is 0.338 e. The van der Waals surface area contributed by atoms with E-state index in [-0.39, 0.29) is 11.3 Å². The molecule has 0 bridgehead atoms. The van der Waals surface area contributed by atoms with Crippen molar-refractivity contribution in [2.24, 2.45) is 0 Å². The molecule has 4 rings (SSSR count). The first kappa shape index (κ1) is 17.6. The van der Waals surface area contributed by atoms with E-state index < -0.39 is 5.97 Å². The van der Waals surface area contributed by atoms with Crippen molar-refractivity contribution < 1.29 is 27.9 Å². The summed E-state index contributed by atoms with van der Waals surface area (Å²) in [5.74, 6) is 1.09. The van der Waals surface area contributed by atoms with Crippen LogP contribution in [0.4, 0.5) is 0 Å². The van der Waals surface area contributed by atoms with Crippen LogP contribution in [0, 0.1) is 0 Å². The van der Waals surface area contributed by atoms with Gasteiger partial charge in [-0.05, 0) is 36.4 Å². The molecule has 3 aromatic heterocycles. The van der Waals surface area contributed by atoms with Gasteiger partial charge in [0.05, 0.1) is 44.2 Å². The van der Waals surface area contributed by atoms with Crippen molar-refractivity contribution in [1.29, 1.82) is 0 Å². The molecule has 0 spiro atoms. The van der Waals surface area contributed by atoms with Gasteiger partial charge in [-0.1, -0.05) is 5.16 Å². The van der Waals surface area contributed by atoms with Crippen molar-refractivity contribution >= 4 is 17.1 Å².